The molecular weight excluding hydrogens is 528 g/mol. The first-order valence-corrected chi connectivity index (χ1v) is 15.5. The van der Waals surface area contributed by atoms with E-state index in [0.717, 1.165) is 37.0 Å². The fourth-order valence-electron chi connectivity index (χ4n) is 4.47. The van der Waals surface area contributed by atoms with Gasteiger partial charge in [0.25, 0.3) is 0 Å². The van der Waals surface area contributed by atoms with Crippen molar-refractivity contribution in [3.05, 3.63) is 84.4 Å². The number of rotatable bonds is 15. The van der Waals surface area contributed by atoms with Gasteiger partial charge in [-0.15, -0.1) is 0 Å². The molecule has 4 rings (SSSR count). The Hall–Kier alpha value is -3.11. The lowest BCUT2D eigenvalue weighted by atomic mass is 10.1. The molecule has 40 heavy (non-hydrogen) atoms. The van der Waals surface area contributed by atoms with Crippen molar-refractivity contribution in [2.45, 2.75) is 62.8 Å². The second-order valence-corrected chi connectivity index (χ2v) is 11.8. The third-order valence-corrected chi connectivity index (χ3v) is 8.68. The van der Waals surface area contributed by atoms with Gasteiger partial charge in [-0.3, -0.25) is 5.32 Å². The van der Waals surface area contributed by atoms with Crippen LogP contribution in [0.5, 0.6) is 17.2 Å². The summed E-state index contributed by atoms with van der Waals surface area (Å²) in [6.07, 6.45) is 3.18. The van der Waals surface area contributed by atoms with Gasteiger partial charge in [0.1, 0.15) is 36.6 Å². The molecule has 0 saturated carbocycles. The lowest BCUT2D eigenvalue weighted by Gasteiger charge is -2.35. The number of ether oxygens (including phenoxy) is 3. The molecule has 1 saturated heterocycles. The highest BCUT2D eigenvalue weighted by molar-refractivity contribution is 7.89. The van der Waals surface area contributed by atoms with Crippen LogP contribution >= 0.6 is 0 Å². The maximum Gasteiger partial charge on any atom is 0.244 e. The number of nitrogens with zero attached hydrogens (tertiary/aromatic N) is 1. The van der Waals surface area contributed by atoms with Gasteiger partial charge in [0.2, 0.25) is 10.0 Å². The van der Waals surface area contributed by atoms with Gasteiger partial charge in [0.15, 0.2) is 0 Å². The van der Waals surface area contributed by atoms with E-state index in [1.807, 2.05) is 42.5 Å². The minimum atomic E-state index is -3.69. The maximum absolute atomic E-state index is 13.4. The number of sulfonamides is 1. The van der Waals surface area contributed by atoms with Gasteiger partial charge in [-0.25, -0.2) is 8.42 Å². The van der Waals surface area contributed by atoms with Crippen LogP contribution in [0.15, 0.2) is 83.8 Å². The molecule has 2 atom stereocenters. The molecule has 216 valence electrons. The Kier molecular flexibility index (Phi) is 11.2. The molecule has 3 aromatic rings. The van der Waals surface area contributed by atoms with Crippen LogP contribution in [0.2, 0.25) is 0 Å². The van der Waals surface area contributed by atoms with Crippen molar-refractivity contribution in [2.75, 3.05) is 26.3 Å². The Morgan fingerprint density at radius 1 is 0.900 bits per heavy atom. The molecule has 0 aromatic heterocycles. The first-order valence-electron chi connectivity index (χ1n) is 14.0. The van der Waals surface area contributed by atoms with E-state index >= 15 is 0 Å². The van der Waals surface area contributed by atoms with Gasteiger partial charge in [-0.05, 0) is 79.8 Å². The molecule has 1 aliphatic heterocycles. The van der Waals surface area contributed by atoms with E-state index in [4.69, 9.17) is 14.2 Å². The van der Waals surface area contributed by atoms with Crippen LogP contribution in [0, 0.1) is 0 Å². The summed E-state index contributed by atoms with van der Waals surface area (Å²) < 4.78 is 45.6. The van der Waals surface area contributed by atoms with Crippen molar-refractivity contribution in [2.24, 2.45) is 0 Å². The predicted molar refractivity (Wildman–Crippen MR) is 155 cm³/mol. The lowest BCUT2D eigenvalue weighted by molar-refractivity contribution is 0.0929. The van der Waals surface area contributed by atoms with Gasteiger partial charge in [0.05, 0.1) is 17.7 Å². The Balaban J connectivity index is 1.24. The lowest BCUT2D eigenvalue weighted by Crippen LogP contribution is -2.53. The number of hydrogen-bond donors (Lipinski definition) is 2. The summed E-state index contributed by atoms with van der Waals surface area (Å²) in [4.78, 5) is 0.240. The SMILES string of the molecule is CCCCOc1ccc(S(=O)(=O)N2CCCCC2NC[C@H](O)COc2ccc(OCc3ccccc3)cc2)cc1. The highest BCUT2D eigenvalue weighted by Gasteiger charge is 2.33. The summed E-state index contributed by atoms with van der Waals surface area (Å²) in [6, 6.07) is 23.8. The summed E-state index contributed by atoms with van der Waals surface area (Å²) in [6.45, 7) is 3.91. The molecule has 0 radical (unpaired) electrons. The van der Waals surface area contributed by atoms with Crippen LogP contribution in [0.25, 0.3) is 0 Å². The topological polar surface area (TPSA) is 97.3 Å². The molecule has 8 nitrogen and oxygen atoms in total. The van der Waals surface area contributed by atoms with E-state index in [1.165, 1.54) is 4.31 Å². The van der Waals surface area contributed by atoms with Crippen molar-refractivity contribution in [1.82, 2.24) is 9.62 Å². The van der Waals surface area contributed by atoms with Gasteiger partial charge < -0.3 is 19.3 Å². The Labute approximate surface area is 237 Å². The van der Waals surface area contributed by atoms with Gasteiger partial charge in [0, 0.05) is 13.1 Å². The molecule has 1 fully saturated rings. The third kappa shape index (κ3) is 8.69. The quantitative estimate of drug-likeness (QED) is 0.250. The first-order chi connectivity index (χ1) is 19.5. The zero-order valence-corrected chi connectivity index (χ0v) is 23.9. The molecule has 0 spiro atoms. The second kappa shape index (κ2) is 15.0. The van der Waals surface area contributed by atoms with Crippen LogP contribution < -0.4 is 19.5 Å². The van der Waals surface area contributed by atoms with E-state index in [-0.39, 0.29) is 18.0 Å². The Morgan fingerprint density at radius 2 is 1.55 bits per heavy atom. The van der Waals surface area contributed by atoms with Gasteiger partial charge in [-0.1, -0.05) is 43.7 Å². The smallest absolute Gasteiger partial charge is 0.244 e. The molecule has 1 heterocycles. The predicted octanol–water partition coefficient (Wildman–Crippen LogP) is 4.97. The standard InChI is InChI=1S/C31H40N2O6S/c1-2-3-21-37-27-16-18-30(19-17-27)40(35,36)33-20-8-7-11-31(33)32-22-26(34)24-39-29-14-12-28(13-15-29)38-23-25-9-5-4-6-10-25/h4-6,9-10,12-19,26,31-32,34H,2-3,7-8,11,20-24H2,1H3/t26-,31?/m0/s1. The third-order valence-electron chi connectivity index (χ3n) is 6.75. The molecule has 3 aromatic carbocycles. The van der Waals surface area contributed by atoms with Crippen molar-refractivity contribution < 1.29 is 27.7 Å². The largest absolute Gasteiger partial charge is 0.494 e. The van der Waals surface area contributed by atoms with E-state index < -0.39 is 22.3 Å². The highest BCUT2D eigenvalue weighted by atomic mass is 32.2. The molecule has 0 amide bonds. The summed E-state index contributed by atoms with van der Waals surface area (Å²) in [5, 5.41) is 13.8. The normalized spacial score (nSPS) is 16.8. The number of benzene rings is 3. The van der Waals surface area contributed by atoms with E-state index in [0.29, 0.717) is 37.7 Å². The number of hydrogen-bond acceptors (Lipinski definition) is 7. The first kappa shape index (κ1) is 29.9. The van der Waals surface area contributed by atoms with E-state index in [2.05, 4.69) is 12.2 Å². The van der Waals surface area contributed by atoms with E-state index in [9.17, 15) is 13.5 Å². The van der Waals surface area contributed by atoms with Crippen LogP contribution in [0.1, 0.15) is 44.6 Å². The minimum Gasteiger partial charge on any atom is -0.494 e. The van der Waals surface area contributed by atoms with Crippen LogP contribution in [0.3, 0.4) is 0 Å². The number of aliphatic hydroxyl groups is 1. The zero-order chi connectivity index (χ0) is 28.2. The highest BCUT2D eigenvalue weighted by Crippen LogP contribution is 2.26. The summed E-state index contributed by atoms with van der Waals surface area (Å²) in [5.74, 6) is 2.02. The van der Waals surface area contributed by atoms with Gasteiger partial charge >= 0.3 is 0 Å². The van der Waals surface area contributed by atoms with Crippen molar-refractivity contribution >= 4 is 10.0 Å². The molecule has 0 bridgehead atoms. The molecular formula is C31H40N2O6S. The number of nitrogens with one attached hydrogen (secondary N) is 1. The summed E-state index contributed by atoms with van der Waals surface area (Å²) >= 11 is 0. The average Bonchev–Trinajstić information content (AvgIpc) is 2.99. The Bertz CT molecular complexity index is 1250. The van der Waals surface area contributed by atoms with Gasteiger partial charge in [-0.2, -0.15) is 4.31 Å². The summed E-state index contributed by atoms with van der Waals surface area (Å²) in [7, 11) is -3.69. The minimum absolute atomic E-state index is 0.0795. The van der Waals surface area contributed by atoms with Crippen molar-refractivity contribution in [1.29, 1.82) is 0 Å². The Morgan fingerprint density at radius 3 is 2.25 bits per heavy atom. The molecule has 2 N–H and O–H groups in total. The number of aliphatic hydroxyl groups excluding tert-OH is 1. The maximum atomic E-state index is 13.4. The monoisotopic (exact) mass is 568 g/mol. The van der Waals surface area contributed by atoms with Crippen molar-refractivity contribution in [3.8, 4) is 17.2 Å². The fourth-order valence-corrected chi connectivity index (χ4v) is 6.11. The number of unbranched alkanes of at least 4 members (excludes halogenated alkanes) is 1. The van der Waals surface area contributed by atoms with Crippen molar-refractivity contribution in [3.63, 3.8) is 0 Å². The molecule has 1 unspecified atom stereocenters. The van der Waals surface area contributed by atoms with Crippen LogP contribution in [-0.2, 0) is 16.6 Å². The molecule has 1 aliphatic rings. The second-order valence-electron chi connectivity index (χ2n) is 9.92. The molecule has 0 aliphatic carbocycles. The van der Waals surface area contributed by atoms with E-state index in [1.54, 1.807) is 36.4 Å². The number of piperidine rings is 1. The zero-order valence-electron chi connectivity index (χ0n) is 23.1. The summed E-state index contributed by atoms with van der Waals surface area (Å²) in [5.41, 5.74) is 1.09. The van der Waals surface area contributed by atoms with Crippen LogP contribution in [0.4, 0.5) is 0 Å². The average molecular weight is 569 g/mol. The van der Waals surface area contributed by atoms with Crippen LogP contribution in [-0.4, -0.2) is 56.4 Å². The molecule has 9 heteroatoms. The fraction of sp³-hybridized carbons (Fsp3) is 0.419.